The molecule has 0 saturated carbocycles. The van der Waals surface area contributed by atoms with E-state index in [1.807, 2.05) is 6.07 Å². The third kappa shape index (κ3) is 3.30. The monoisotopic (exact) mass is 303 g/mol. The van der Waals surface area contributed by atoms with Gasteiger partial charge in [0.25, 0.3) is 5.92 Å². The predicted molar refractivity (Wildman–Crippen MR) is 70.6 cm³/mol. The highest BCUT2D eigenvalue weighted by molar-refractivity contribution is 6.17. The summed E-state index contributed by atoms with van der Waals surface area (Å²) in [6.45, 7) is -1.75. The molecule has 2 aromatic rings. The van der Waals surface area contributed by atoms with E-state index in [2.05, 4.69) is 10.1 Å². The van der Waals surface area contributed by atoms with E-state index in [0.717, 1.165) is 5.56 Å². The first-order valence-electron chi connectivity index (χ1n) is 6.03. The number of hydrogen-bond acceptors (Lipinski definition) is 2. The van der Waals surface area contributed by atoms with Crippen LogP contribution in [0.1, 0.15) is 12.0 Å². The summed E-state index contributed by atoms with van der Waals surface area (Å²) in [5.74, 6) is -3.07. The maximum absolute atomic E-state index is 13.0. The van der Waals surface area contributed by atoms with Crippen LogP contribution in [0.3, 0.4) is 0 Å². The molecule has 0 aliphatic carbocycles. The molecule has 0 atom stereocenters. The molecule has 0 saturated heterocycles. The van der Waals surface area contributed by atoms with Crippen LogP contribution in [0.25, 0.3) is 11.4 Å². The van der Waals surface area contributed by atoms with Crippen molar-refractivity contribution in [2.75, 3.05) is 6.67 Å². The molecule has 20 heavy (non-hydrogen) atoms. The van der Waals surface area contributed by atoms with Crippen molar-refractivity contribution in [1.82, 2.24) is 14.8 Å². The first kappa shape index (κ1) is 14.8. The largest absolute Gasteiger partial charge is 0.277 e. The fourth-order valence-electron chi connectivity index (χ4n) is 1.83. The number of nitrogens with zero attached hydrogens (tertiary/aromatic N) is 3. The molecule has 108 valence electrons. The number of hydrogen-bond donors (Lipinski definition) is 0. The van der Waals surface area contributed by atoms with E-state index in [0.29, 0.717) is 11.4 Å². The molecule has 0 radical (unpaired) electrons. The lowest BCUT2D eigenvalue weighted by molar-refractivity contribution is -0.0339. The first-order chi connectivity index (χ1) is 9.57. The second-order valence-electron chi connectivity index (χ2n) is 4.32. The second kappa shape index (κ2) is 6.26. The summed E-state index contributed by atoms with van der Waals surface area (Å²) < 4.78 is 39.5. The average Bonchev–Trinajstić information content (AvgIpc) is 2.93. The first-order valence-corrected chi connectivity index (χ1v) is 6.56. The number of alkyl halides is 4. The Kier molecular flexibility index (Phi) is 4.65. The van der Waals surface area contributed by atoms with Gasteiger partial charge in [-0.05, 0) is 17.7 Å². The quantitative estimate of drug-likeness (QED) is 0.762. The zero-order valence-electron chi connectivity index (χ0n) is 10.6. The van der Waals surface area contributed by atoms with Gasteiger partial charge in [0.2, 0.25) is 0 Å². The van der Waals surface area contributed by atoms with Crippen molar-refractivity contribution in [1.29, 1.82) is 0 Å². The summed E-state index contributed by atoms with van der Waals surface area (Å²) in [5.41, 5.74) is 1.98. The van der Waals surface area contributed by atoms with Gasteiger partial charge in [-0.3, -0.25) is 9.67 Å². The van der Waals surface area contributed by atoms with Gasteiger partial charge in [0.1, 0.15) is 0 Å². The van der Waals surface area contributed by atoms with Crippen LogP contribution in [0.4, 0.5) is 13.2 Å². The van der Waals surface area contributed by atoms with Crippen LogP contribution in [0.5, 0.6) is 0 Å². The van der Waals surface area contributed by atoms with Gasteiger partial charge < -0.3 is 0 Å². The minimum Gasteiger partial charge on any atom is -0.263 e. The Hall–Kier alpha value is -1.56. The lowest BCUT2D eigenvalue weighted by Crippen LogP contribution is -2.22. The molecule has 0 fully saturated rings. The van der Waals surface area contributed by atoms with E-state index in [9.17, 15) is 13.2 Å². The molecule has 0 N–H and O–H groups in total. The molecule has 0 aromatic carbocycles. The van der Waals surface area contributed by atoms with Crippen LogP contribution in [-0.4, -0.2) is 27.4 Å². The highest BCUT2D eigenvalue weighted by Gasteiger charge is 2.29. The fourth-order valence-corrected chi connectivity index (χ4v) is 2.04. The van der Waals surface area contributed by atoms with Crippen LogP contribution in [0, 0.1) is 0 Å². The third-order valence-corrected chi connectivity index (χ3v) is 3.17. The minimum absolute atomic E-state index is 0.0858. The summed E-state index contributed by atoms with van der Waals surface area (Å²) in [5, 5.41) is 3.98. The standard InChI is InChI=1S/C13H13ClF3N3/c14-8-10-2-1-5-18-12(10)11-3-6-19-20(11)7-4-13(16,17)9-15/h1-3,5-6H,4,7-9H2. The van der Waals surface area contributed by atoms with Crippen molar-refractivity contribution in [3.05, 3.63) is 36.2 Å². The van der Waals surface area contributed by atoms with Crippen molar-refractivity contribution in [3.8, 4) is 11.4 Å². The third-order valence-electron chi connectivity index (χ3n) is 2.88. The molecule has 0 unspecified atom stereocenters. The molecule has 3 nitrogen and oxygen atoms in total. The number of aromatic nitrogens is 3. The highest BCUT2D eigenvalue weighted by atomic mass is 35.5. The lowest BCUT2D eigenvalue weighted by Gasteiger charge is -2.14. The summed E-state index contributed by atoms with van der Waals surface area (Å²) in [6, 6.07) is 5.23. The predicted octanol–water partition coefficient (Wildman–Crippen LogP) is 3.68. The van der Waals surface area contributed by atoms with Gasteiger partial charge in [0, 0.05) is 31.2 Å². The Bertz CT molecular complexity index is 571. The minimum atomic E-state index is -3.33. The summed E-state index contributed by atoms with van der Waals surface area (Å²) >= 11 is 5.83. The number of aryl methyl sites for hydroxylation is 1. The van der Waals surface area contributed by atoms with E-state index < -0.39 is 19.0 Å². The van der Waals surface area contributed by atoms with E-state index in [-0.39, 0.29) is 12.4 Å². The smallest absolute Gasteiger partial charge is 0.263 e. The Morgan fingerprint density at radius 2 is 2.05 bits per heavy atom. The van der Waals surface area contributed by atoms with E-state index in [4.69, 9.17) is 11.6 Å². The number of rotatable bonds is 6. The molecular weight excluding hydrogens is 291 g/mol. The Balaban J connectivity index is 2.25. The zero-order chi connectivity index (χ0) is 14.6. The number of halogens is 4. The summed E-state index contributed by atoms with van der Waals surface area (Å²) in [7, 11) is 0. The fraction of sp³-hybridized carbons (Fsp3) is 0.385. The normalized spacial score (nSPS) is 11.8. The van der Waals surface area contributed by atoms with Gasteiger partial charge in [0.15, 0.2) is 6.67 Å². The maximum atomic E-state index is 13.0. The van der Waals surface area contributed by atoms with E-state index in [1.165, 1.54) is 10.9 Å². The average molecular weight is 304 g/mol. The number of pyridine rings is 1. The van der Waals surface area contributed by atoms with Gasteiger partial charge in [0.05, 0.1) is 11.4 Å². The van der Waals surface area contributed by atoms with E-state index >= 15 is 0 Å². The van der Waals surface area contributed by atoms with Gasteiger partial charge in [-0.1, -0.05) is 6.07 Å². The SMILES string of the molecule is FCC(F)(F)CCn1nccc1-c1ncccc1CCl. The molecule has 0 aliphatic rings. The Morgan fingerprint density at radius 3 is 2.75 bits per heavy atom. The summed E-state index contributed by atoms with van der Waals surface area (Å²) in [4.78, 5) is 4.21. The highest BCUT2D eigenvalue weighted by Crippen LogP contribution is 2.25. The Morgan fingerprint density at radius 1 is 1.25 bits per heavy atom. The van der Waals surface area contributed by atoms with Gasteiger partial charge in [-0.25, -0.2) is 13.2 Å². The molecular formula is C13H13ClF3N3. The van der Waals surface area contributed by atoms with E-state index in [1.54, 1.807) is 18.3 Å². The Labute approximate surface area is 119 Å². The molecule has 0 aliphatic heterocycles. The second-order valence-corrected chi connectivity index (χ2v) is 4.59. The van der Waals surface area contributed by atoms with Gasteiger partial charge >= 0.3 is 0 Å². The van der Waals surface area contributed by atoms with Crippen molar-refractivity contribution < 1.29 is 13.2 Å². The van der Waals surface area contributed by atoms with Crippen LogP contribution in [0.2, 0.25) is 0 Å². The van der Waals surface area contributed by atoms with Crippen molar-refractivity contribution >= 4 is 11.6 Å². The maximum Gasteiger partial charge on any atom is 0.277 e. The van der Waals surface area contributed by atoms with Crippen LogP contribution < -0.4 is 0 Å². The molecule has 2 aromatic heterocycles. The van der Waals surface area contributed by atoms with Crippen LogP contribution >= 0.6 is 11.6 Å². The van der Waals surface area contributed by atoms with Crippen LogP contribution in [-0.2, 0) is 12.4 Å². The molecule has 0 spiro atoms. The van der Waals surface area contributed by atoms with Crippen molar-refractivity contribution in [2.45, 2.75) is 24.8 Å². The molecule has 0 bridgehead atoms. The van der Waals surface area contributed by atoms with Crippen LogP contribution in [0.15, 0.2) is 30.6 Å². The lowest BCUT2D eigenvalue weighted by atomic mass is 10.1. The molecule has 2 rings (SSSR count). The zero-order valence-corrected chi connectivity index (χ0v) is 11.3. The topological polar surface area (TPSA) is 30.7 Å². The summed E-state index contributed by atoms with van der Waals surface area (Å²) in [6.07, 6.45) is 2.48. The van der Waals surface area contributed by atoms with Gasteiger partial charge in [-0.15, -0.1) is 11.6 Å². The molecule has 7 heteroatoms. The molecule has 0 amide bonds. The van der Waals surface area contributed by atoms with Gasteiger partial charge in [-0.2, -0.15) is 5.10 Å². The van der Waals surface area contributed by atoms with Crippen molar-refractivity contribution in [2.24, 2.45) is 0 Å². The molecule has 2 heterocycles. The van der Waals surface area contributed by atoms with Crippen molar-refractivity contribution in [3.63, 3.8) is 0 Å².